The number of fused-ring (bicyclic) bond motifs is 1. The number of nitrogens with zero attached hydrogens (tertiary/aromatic N) is 3. The van der Waals surface area contributed by atoms with Crippen LogP contribution in [-0.2, 0) is 0 Å². The summed E-state index contributed by atoms with van der Waals surface area (Å²) in [5.74, 6) is -0.754. The predicted octanol–water partition coefficient (Wildman–Crippen LogP) is 0.591. The molecule has 0 fully saturated rings. The summed E-state index contributed by atoms with van der Waals surface area (Å²) in [7, 11) is 3.30. The smallest absolute Gasteiger partial charge is 0.408 e. The Morgan fingerprint density at radius 1 is 1.43 bits per heavy atom. The minimum absolute atomic E-state index is 0.204. The average Bonchev–Trinajstić information content (AvgIpc) is 3.02. The van der Waals surface area contributed by atoms with Gasteiger partial charge < -0.3 is 15.1 Å². The molecular formula is C13H13N5O3. The normalized spacial score (nSPS) is 11.0. The number of nitrogens with two attached hydrogens (primary N) is 1. The number of oxazole rings is 1. The highest BCUT2D eigenvalue weighted by atomic mass is 16.4. The number of amides is 1. The summed E-state index contributed by atoms with van der Waals surface area (Å²) in [6, 6.07) is 4.79. The van der Waals surface area contributed by atoms with Gasteiger partial charge in [-0.25, -0.2) is 9.48 Å². The maximum Gasteiger partial charge on any atom is 0.417 e. The van der Waals surface area contributed by atoms with Crippen molar-refractivity contribution in [3.8, 4) is 5.69 Å². The molecule has 0 unspecified atom stereocenters. The second-order valence-electron chi connectivity index (χ2n) is 4.77. The Labute approximate surface area is 118 Å². The van der Waals surface area contributed by atoms with Gasteiger partial charge in [0.25, 0.3) is 5.91 Å². The predicted molar refractivity (Wildman–Crippen MR) is 76.4 cm³/mol. The zero-order valence-electron chi connectivity index (χ0n) is 11.5. The first-order valence-corrected chi connectivity index (χ1v) is 6.16. The molecule has 3 aromatic rings. The highest BCUT2D eigenvalue weighted by Gasteiger charge is 2.14. The SMILES string of the molecule is CN(C)C(=O)c1ccn(-c2cc3[nH]c(=O)oc3cc2N)n1. The van der Waals surface area contributed by atoms with Gasteiger partial charge in [0.15, 0.2) is 11.3 Å². The Morgan fingerprint density at radius 2 is 2.19 bits per heavy atom. The number of rotatable bonds is 2. The van der Waals surface area contributed by atoms with Crippen LogP contribution < -0.4 is 11.5 Å². The summed E-state index contributed by atoms with van der Waals surface area (Å²) >= 11 is 0. The Bertz CT molecular complexity index is 887. The van der Waals surface area contributed by atoms with Gasteiger partial charge in [-0.2, -0.15) is 5.10 Å². The van der Waals surface area contributed by atoms with Crippen LogP contribution in [0.2, 0.25) is 0 Å². The van der Waals surface area contributed by atoms with Gasteiger partial charge in [-0.15, -0.1) is 0 Å². The van der Waals surface area contributed by atoms with Gasteiger partial charge in [-0.1, -0.05) is 0 Å². The van der Waals surface area contributed by atoms with E-state index in [-0.39, 0.29) is 5.91 Å². The first-order chi connectivity index (χ1) is 9.95. The number of carbonyl (C=O) groups excluding carboxylic acids is 1. The number of aromatic nitrogens is 3. The Hall–Kier alpha value is -3.03. The number of nitrogen functional groups attached to an aromatic ring is 1. The maximum atomic E-state index is 11.8. The highest BCUT2D eigenvalue weighted by Crippen LogP contribution is 2.23. The van der Waals surface area contributed by atoms with Crippen molar-refractivity contribution in [2.24, 2.45) is 0 Å². The van der Waals surface area contributed by atoms with Crippen molar-refractivity contribution in [3.63, 3.8) is 0 Å². The van der Waals surface area contributed by atoms with Crippen molar-refractivity contribution >= 4 is 22.7 Å². The van der Waals surface area contributed by atoms with Crippen molar-refractivity contribution in [1.82, 2.24) is 19.7 Å². The number of benzene rings is 1. The number of carbonyl (C=O) groups is 1. The van der Waals surface area contributed by atoms with Gasteiger partial charge in [0.2, 0.25) is 0 Å². The summed E-state index contributed by atoms with van der Waals surface area (Å²) in [5.41, 5.74) is 8.07. The van der Waals surface area contributed by atoms with Crippen molar-refractivity contribution in [3.05, 3.63) is 40.6 Å². The monoisotopic (exact) mass is 287 g/mol. The lowest BCUT2D eigenvalue weighted by atomic mass is 10.2. The number of nitrogens with one attached hydrogen (secondary N) is 1. The van der Waals surface area contributed by atoms with E-state index in [4.69, 9.17) is 10.2 Å². The Kier molecular flexibility index (Phi) is 2.79. The molecule has 0 atom stereocenters. The van der Waals surface area contributed by atoms with Crippen LogP contribution in [0.25, 0.3) is 16.8 Å². The molecule has 21 heavy (non-hydrogen) atoms. The summed E-state index contributed by atoms with van der Waals surface area (Å²) in [6.45, 7) is 0. The van der Waals surface area contributed by atoms with Crippen molar-refractivity contribution in [2.45, 2.75) is 0 Å². The molecule has 0 spiro atoms. The lowest BCUT2D eigenvalue weighted by molar-refractivity contribution is 0.0821. The molecule has 1 aromatic carbocycles. The fraction of sp³-hybridized carbons (Fsp3) is 0.154. The van der Waals surface area contributed by atoms with E-state index < -0.39 is 5.76 Å². The lowest BCUT2D eigenvalue weighted by Crippen LogP contribution is -2.22. The van der Waals surface area contributed by atoms with E-state index in [0.29, 0.717) is 28.2 Å². The third-order valence-electron chi connectivity index (χ3n) is 3.03. The van der Waals surface area contributed by atoms with Crippen molar-refractivity contribution in [1.29, 1.82) is 0 Å². The second kappa shape index (κ2) is 4.51. The topological polar surface area (TPSA) is 110 Å². The molecule has 3 rings (SSSR count). The van der Waals surface area contributed by atoms with E-state index >= 15 is 0 Å². The number of H-pyrrole nitrogens is 1. The minimum atomic E-state index is -0.550. The standard InChI is InChI=1S/C13H13N5O3/c1-17(2)12(19)8-3-4-18(16-8)10-6-9-11(5-7(10)14)21-13(20)15-9/h3-6H,14H2,1-2H3,(H,15,20). The first kappa shape index (κ1) is 13.0. The van der Waals surface area contributed by atoms with Crippen LogP contribution in [0.1, 0.15) is 10.5 Å². The molecule has 0 aliphatic carbocycles. The van der Waals surface area contributed by atoms with Crippen LogP contribution in [0.15, 0.2) is 33.6 Å². The van der Waals surface area contributed by atoms with Gasteiger partial charge in [0.05, 0.1) is 16.9 Å². The molecule has 0 saturated carbocycles. The van der Waals surface area contributed by atoms with Crippen LogP contribution in [0.3, 0.4) is 0 Å². The van der Waals surface area contributed by atoms with Crippen molar-refractivity contribution < 1.29 is 9.21 Å². The summed E-state index contributed by atoms with van der Waals surface area (Å²) in [4.78, 5) is 27.0. The maximum absolute atomic E-state index is 11.8. The summed E-state index contributed by atoms with van der Waals surface area (Å²) in [6.07, 6.45) is 1.63. The zero-order chi connectivity index (χ0) is 15.1. The van der Waals surface area contributed by atoms with E-state index in [1.165, 1.54) is 15.6 Å². The molecule has 0 aliphatic heterocycles. The molecule has 0 radical (unpaired) electrons. The Balaban J connectivity index is 2.10. The van der Waals surface area contributed by atoms with E-state index in [1.54, 1.807) is 32.4 Å². The molecule has 1 amide bonds. The molecule has 3 N–H and O–H groups in total. The summed E-state index contributed by atoms with van der Waals surface area (Å²) in [5, 5.41) is 4.20. The quantitative estimate of drug-likeness (QED) is 0.670. The first-order valence-electron chi connectivity index (χ1n) is 6.16. The number of hydrogen-bond acceptors (Lipinski definition) is 5. The van der Waals surface area contributed by atoms with Crippen molar-refractivity contribution in [2.75, 3.05) is 19.8 Å². The number of hydrogen-bond donors (Lipinski definition) is 2. The van der Waals surface area contributed by atoms with Crippen LogP contribution in [0, 0.1) is 0 Å². The zero-order valence-corrected chi connectivity index (χ0v) is 11.5. The molecule has 8 nitrogen and oxygen atoms in total. The molecular weight excluding hydrogens is 274 g/mol. The molecule has 0 bridgehead atoms. The molecule has 0 saturated heterocycles. The summed E-state index contributed by atoms with van der Waals surface area (Å²) < 4.78 is 6.42. The van der Waals surface area contributed by atoms with E-state index in [2.05, 4.69) is 10.1 Å². The fourth-order valence-electron chi connectivity index (χ4n) is 2.00. The molecule has 2 heterocycles. The third kappa shape index (κ3) is 2.16. The van der Waals surface area contributed by atoms with Crippen LogP contribution >= 0.6 is 0 Å². The van der Waals surface area contributed by atoms with Gasteiger partial charge in [-0.05, 0) is 12.1 Å². The van der Waals surface area contributed by atoms with Crippen LogP contribution in [0.4, 0.5) is 5.69 Å². The van der Waals surface area contributed by atoms with E-state index in [0.717, 1.165) is 0 Å². The van der Waals surface area contributed by atoms with E-state index in [9.17, 15) is 9.59 Å². The van der Waals surface area contributed by atoms with Gasteiger partial charge >= 0.3 is 5.76 Å². The molecule has 8 heteroatoms. The number of anilines is 1. The van der Waals surface area contributed by atoms with Crippen LogP contribution in [0.5, 0.6) is 0 Å². The molecule has 2 aromatic heterocycles. The van der Waals surface area contributed by atoms with E-state index in [1.807, 2.05) is 0 Å². The highest BCUT2D eigenvalue weighted by molar-refractivity contribution is 5.92. The van der Waals surface area contributed by atoms with Crippen LogP contribution in [-0.4, -0.2) is 39.7 Å². The third-order valence-corrected chi connectivity index (χ3v) is 3.03. The second-order valence-corrected chi connectivity index (χ2v) is 4.77. The molecule has 0 aliphatic rings. The Morgan fingerprint density at radius 3 is 2.90 bits per heavy atom. The lowest BCUT2D eigenvalue weighted by Gasteiger charge is -2.08. The largest absolute Gasteiger partial charge is 0.417 e. The fourth-order valence-corrected chi connectivity index (χ4v) is 2.00. The minimum Gasteiger partial charge on any atom is -0.408 e. The molecule has 108 valence electrons. The van der Waals surface area contributed by atoms with Gasteiger partial charge in [0, 0.05) is 26.4 Å². The average molecular weight is 287 g/mol. The van der Waals surface area contributed by atoms with Gasteiger partial charge in [-0.3, -0.25) is 9.78 Å². The number of aromatic amines is 1. The van der Waals surface area contributed by atoms with Gasteiger partial charge in [0.1, 0.15) is 0 Å².